The number of benzene rings is 2. The quantitative estimate of drug-likeness (QED) is 0.499. The van der Waals surface area contributed by atoms with Crippen LogP contribution < -0.4 is 0 Å². The van der Waals surface area contributed by atoms with E-state index in [1.807, 2.05) is 0 Å². The summed E-state index contributed by atoms with van der Waals surface area (Å²) in [5.74, 6) is 0. The van der Waals surface area contributed by atoms with Crippen molar-refractivity contribution >= 4 is 21.5 Å². The third-order valence-corrected chi connectivity index (χ3v) is 3.02. The SMILES string of the molecule is Cc1ccc2[cH-]c3ccc(C)cc3c2c1.[CH3-].[CH3-].[Zr+3]. The molecule has 0 fully saturated rings. The normalized spacial score (nSPS) is 9.44. The Labute approximate surface area is 130 Å². The summed E-state index contributed by atoms with van der Waals surface area (Å²) < 4.78 is 0. The second-order valence-electron chi connectivity index (χ2n) is 4.33. The zero-order valence-electron chi connectivity index (χ0n) is 11.5. The number of fused-ring (bicyclic) bond motifs is 3. The first kappa shape index (κ1) is 17.2. The van der Waals surface area contributed by atoms with E-state index in [1.165, 1.54) is 32.7 Å². The molecule has 0 aromatic heterocycles. The van der Waals surface area contributed by atoms with E-state index >= 15 is 0 Å². The molecular weight excluding hydrogens is 295 g/mol. The van der Waals surface area contributed by atoms with Gasteiger partial charge in [0, 0.05) is 0 Å². The van der Waals surface area contributed by atoms with E-state index in [-0.39, 0.29) is 41.1 Å². The fourth-order valence-electron chi connectivity index (χ4n) is 2.23. The van der Waals surface area contributed by atoms with Gasteiger partial charge in [-0.2, -0.15) is 0 Å². The Morgan fingerprint density at radius 2 is 1.11 bits per heavy atom. The standard InChI is InChI=1S/C15H13.2CH3.Zr/c1-10-3-5-12-9-13-6-4-11(2)8-15(13)14(12)7-10;;;/h3-9H,1-2H3;2*1H3;/q3*-1;+3. The molecule has 0 aliphatic heterocycles. The first-order chi connectivity index (χ1) is 7.24. The summed E-state index contributed by atoms with van der Waals surface area (Å²) in [5.41, 5.74) is 2.66. The molecule has 3 rings (SSSR count). The van der Waals surface area contributed by atoms with E-state index in [4.69, 9.17) is 0 Å². The Morgan fingerprint density at radius 1 is 0.722 bits per heavy atom. The third-order valence-electron chi connectivity index (χ3n) is 3.02. The molecule has 3 aromatic carbocycles. The summed E-state index contributed by atoms with van der Waals surface area (Å²) in [6.45, 7) is 4.29. The van der Waals surface area contributed by atoms with Crippen molar-refractivity contribution in [1.82, 2.24) is 0 Å². The van der Waals surface area contributed by atoms with Gasteiger partial charge < -0.3 is 14.9 Å². The van der Waals surface area contributed by atoms with Crippen molar-refractivity contribution < 1.29 is 26.2 Å². The minimum atomic E-state index is 0. The van der Waals surface area contributed by atoms with Gasteiger partial charge in [-0.1, -0.05) is 35.4 Å². The Balaban J connectivity index is 0.000000963. The molecule has 0 bridgehead atoms. The third kappa shape index (κ3) is 2.78. The number of hydrogen-bond acceptors (Lipinski definition) is 0. The van der Waals surface area contributed by atoms with E-state index in [9.17, 15) is 0 Å². The number of hydrogen-bond donors (Lipinski definition) is 0. The van der Waals surface area contributed by atoms with Crippen LogP contribution in [-0.4, -0.2) is 0 Å². The molecule has 1 radical (unpaired) electrons. The summed E-state index contributed by atoms with van der Waals surface area (Å²) in [4.78, 5) is 0. The van der Waals surface area contributed by atoms with Crippen molar-refractivity contribution in [2.45, 2.75) is 13.8 Å². The monoisotopic (exact) mass is 313 g/mol. The second-order valence-corrected chi connectivity index (χ2v) is 4.33. The summed E-state index contributed by atoms with van der Waals surface area (Å²) in [6.07, 6.45) is 0. The average molecular weight is 315 g/mol. The van der Waals surface area contributed by atoms with Crippen molar-refractivity contribution in [2.24, 2.45) is 0 Å². The largest absolute Gasteiger partial charge is 3.00 e. The van der Waals surface area contributed by atoms with Crippen LogP contribution in [0, 0.1) is 28.7 Å². The molecule has 91 valence electrons. The molecule has 1 heteroatoms. The van der Waals surface area contributed by atoms with Crippen LogP contribution in [0.5, 0.6) is 0 Å². The summed E-state index contributed by atoms with van der Waals surface area (Å²) in [5, 5.41) is 5.46. The molecule has 0 saturated heterocycles. The number of aryl methyl sites for hydroxylation is 2. The molecule has 0 heterocycles. The van der Waals surface area contributed by atoms with Gasteiger partial charge in [-0.25, -0.2) is 0 Å². The Bertz CT molecular complexity index is 591. The van der Waals surface area contributed by atoms with E-state index in [2.05, 4.69) is 56.3 Å². The molecule has 3 aromatic rings. The van der Waals surface area contributed by atoms with Crippen LogP contribution in [0.2, 0.25) is 0 Å². The van der Waals surface area contributed by atoms with Gasteiger partial charge in [-0.3, -0.25) is 0 Å². The van der Waals surface area contributed by atoms with Crippen LogP contribution in [0.1, 0.15) is 11.1 Å². The summed E-state index contributed by atoms with van der Waals surface area (Å²) in [6, 6.07) is 15.6. The van der Waals surface area contributed by atoms with Crippen LogP contribution in [0.4, 0.5) is 0 Å². The van der Waals surface area contributed by atoms with E-state index < -0.39 is 0 Å². The van der Waals surface area contributed by atoms with Crippen molar-refractivity contribution in [3.63, 3.8) is 0 Å². The smallest absolute Gasteiger partial charge is 0.358 e. The van der Waals surface area contributed by atoms with E-state index in [0.29, 0.717) is 0 Å². The molecule has 0 saturated carbocycles. The second kappa shape index (κ2) is 6.39. The van der Waals surface area contributed by atoms with Crippen molar-refractivity contribution in [3.05, 3.63) is 68.4 Å². The van der Waals surface area contributed by atoms with Gasteiger partial charge in [0.15, 0.2) is 0 Å². The molecule has 0 atom stereocenters. The zero-order valence-corrected chi connectivity index (χ0v) is 14.0. The van der Waals surface area contributed by atoms with Crippen molar-refractivity contribution in [2.75, 3.05) is 0 Å². The molecule has 0 spiro atoms. The first-order valence-corrected chi connectivity index (χ1v) is 5.30. The fourth-order valence-corrected chi connectivity index (χ4v) is 2.23. The Morgan fingerprint density at radius 3 is 1.50 bits per heavy atom. The van der Waals surface area contributed by atoms with Gasteiger partial charge in [-0.05, 0) is 13.8 Å². The maximum Gasteiger partial charge on any atom is 3.00 e. The van der Waals surface area contributed by atoms with E-state index in [1.54, 1.807) is 0 Å². The van der Waals surface area contributed by atoms with Gasteiger partial charge in [-0.15, -0.1) is 39.7 Å². The zero-order chi connectivity index (χ0) is 10.4. The van der Waals surface area contributed by atoms with Crippen LogP contribution in [0.25, 0.3) is 21.5 Å². The topological polar surface area (TPSA) is 0 Å². The molecular formula is C17H19Zr. The van der Waals surface area contributed by atoms with Crippen LogP contribution in [0.3, 0.4) is 0 Å². The number of rotatable bonds is 0. The summed E-state index contributed by atoms with van der Waals surface area (Å²) >= 11 is 0. The minimum Gasteiger partial charge on any atom is -0.358 e. The Hall–Kier alpha value is -0.807. The maximum absolute atomic E-state index is 2.27. The average Bonchev–Trinajstić information content (AvgIpc) is 2.56. The molecule has 0 aliphatic carbocycles. The molecule has 0 aliphatic rings. The molecule has 0 nitrogen and oxygen atoms in total. The maximum atomic E-state index is 2.27. The van der Waals surface area contributed by atoms with Gasteiger partial charge >= 0.3 is 26.2 Å². The van der Waals surface area contributed by atoms with Crippen LogP contribution in [0.15, 0.2) is 42.5 Å². The summed E-state index contributed by atoms with van der Waals surface area (Å²) in [7, 11) is 0. The van der Waals surface area contributed by atoms with Gasteiger partial charge in [0.2, 0.25) is 0 Å². The van der Waals surface area contributed by atoms with E-state index in [0.717, 1.165) is 0 Å². The molecule has 0 amide bonds. The van der Waals surface area contributed by atoms with Gasteiger partial charge in [0.25, 0.3) is 0 Å². The molecule has 18 heavy (non-hydrogen) atoms. The predicted octanol–water partition coefficient (Wildman–Crippen LogP) is 5.23. The minimum absolute atomic E-state index is 0. The molecule has 0 N–H and O–H groups in total. The Kier molecular flexibility index (Phi) is 6.10. The van der Waals surface area contributed by atoms with Crippen LogP contribution in [-0.2, 0) is 26.2 Å². The van der Waals surface area contributed by atoms with Gasteiger partial charge in [0.1, 0.15) is 0 Å². The fraction of sp³-hybridized carbons (Fsp3) is 0.118. The van der Waals surface area contributed by atoms with Crippen molar-refractivity contribution in [3.8, 4) is 0 Å². The van der Waals surface area contributed by atoms with Gasteiger partial charge in [0.05, 0.1) is 0 Å². The van der Waals surface area contributed by atoms with Crippen LogP contribution >= 0.6 is 0 Å². The first-order valence-electron chi connectivity index (χ1n) is 5.30. The predicted molar refractivity (Wildman–Crippen MR) is 79.3 cm³/mol. The van der Waals surface area contributed by atoms with Crippen molar-refractivity contribution in [1.29, 1.82) is 0 Å². The molecule has 0 unspecified atom stereocenters.